The molecular weight excluding hydrogens is 460 g/mol. The van der Waals surface area contributed by atoms with Gasteiger partial charge < -0.3 is 10.1 Å². The molecule has 5 rings (SSSR count). The molecule has 5 aromatic rings. The SMILES string of the molecule is CC(C)(O)C#Cc1ccc2ncnc(N(c3ccc4[nH]ccc4c3)S(=O)(=O)c3ccccc3)c2c1. The van der Waals surface area contributed by atoms with Crippen molar-refractivity contribution in [3.63, 3.8) is 0 Å². The first-order chi connectivity index (χ1) is 16.7. The minimum absolute atomic E-state index is 0.138. The molecule has 0 amide bonds. The van der Waals surface area contributed by atoms with Gasteiger partial charge in [0.1, 0.15) is 11.9 Å². The van der Waals surface area contributed by atoms with Gasteiger partial charge in [0.05, 0.1) is 16.1 Å². The molecule has 0 fully saturated rings. The third-order valence-electron chi connectivity index (χ3n) is 5.37. The standard InChI is InChI=1S/C27H22N4O3S/c1-27(2,32)14-12-19-8-10-25-23(16-19)26(30-18-29-25)31(35(33,34)22-6-4-3-5-7-22)21-9-11-24-20(17-21)13-15-28-24/h3-11,13,15-18,28,32H,1-2H3. The summed E-state index contributed by atoms with van der Waals surface area (Å²) in [6, 6.07) is 20.8. The molecule has 3 aromatic carbocycles. The Morgan fingerprint density at radius 3 is 2.54 bits per heavy atom. The van der Waals surface area contributed by atoms with Crippen molar-refractivity contribution in [1.82, 2.24) is 15.0 Å². The number of fused-ring (bicyclic) bond motifs is 2. The van der Waals surface area contributed by atoms with Crippen LogP contribution in [0.25, 0.3) is 21.8 Å². The van der Waals surface area contributed by atoms with Gasteiger partial charge in [-0.1, -0.05) is 30.0 Å². The van der Waals surface area contributed by atoms with Crippen LogP contribution in [0.1, 0.15) is 19.4 Å². The number of nitrogens with zero attached hydrogens (tertiary/aromatic N) is 3. The Labute approximate surface area is 203 Å². The van der Waals surface area contributed by atoms with E-state index < -0.39 is 15.6 Å². The zero-order valence-corrected chi connectivity index (χ0v) is 19.9. The van der Waals surface area contributed by atoms with Crippen LogP contribution in [0.3, 0.4) is 0 Å². The maximum absolute atomic E-state index is 14.0. The fourth-order valence-electron chi connectivity index (χ4n) is 3.75. The molecule has 0 radical (unpaired) electrons. The van der Waals surface area contributed by atoms with Crippen molar-refractivity contribution >= 4 is 43.3 Å². The van der Waals surface area contributed by atoms with Gasteiger partial charge in [-0.15, -0.1) is 0 Å². The number of H-pyrrole nitrogens is 1. The van der Waals surface area contributed by atoms with Crippen molar-refractivity contribution in [3.8, 4) is 11.8 Å². The molecule has 2 N–H and O–H groups in total. The Hall–Kier alpha value is -4.19. The summed E-state index contributed by atoms with van der Waals surface area (Å²) in [5.74, 6) is 5.94. The highest BCUT2D eigenvalue weighted by atomic mass is 32.2. The summed E-state index contributed by atoms with van der Waals surface area (Å²) >= 11 is 0. The van der Waals surface area contributed by atoms with Crippen molar-refractivity contribution in [1.29, 1.82) is 0 Å². The van der Waals surface area contributed by atoms with E-state index >= 15 is 0 Å². The van der Waals surface area contributed by atoms with Gasteiger partial charge in [-0.05, 0) is 68.4 Å². The predicted molar refractivity (Wildman–Crippen MR) is 137 cm³/mol. The summed E-state index contributed by atoms with van der Waals surface area (Å²) in [6.07, 6.45) is 3.15. The Kier molecular flexibility index (Phi) is 5.52. The Bertz CT molecular complexity index is 1710. The third kappa shape index (κ3) is 4.47. The van der Waals surface area contributed by atoms with E-state index in [2.05, 4.69) is 26.8 Å². The fourth-order valence-corrected chi connectivity index (χ4v) is 5.22. The molecule has 2 aromatic heterocycles. The maximum Gasteiger partial charge on any atom is 0.269 e. The van der Waals surface area contributed by atoms with Crippen LogP contribution in [-0.4, -0.2) is 34.1 Å². The van der Waals surface area contributed by atoms with Crippen LogP contribution in [0.5, 0.6) is 0 Å². The monoisotopic (exact) mass is 482 g/mol. The molecule has 0 aliphatic rings. The zero-order chi connectivity index (χ0) is 24.6. The summed E-state index contributed by atoms with van der Waals surface area (Å²) in [6.45, 7) is 3.20. The highest BCUT2D eigenvalue weighted by molar-refractivity contribution is 7.93. The Balaban J connectivity index is 1.78. The van der Waals surface area contributed by atoms with Crippen molar-refractivity contribution in [2.75, 3.05) is 4.31 Å². The van der Waals surface area contributed by atoms with E-state index in [1.165, 1.54) is 10.6 Å². The topological polar surface area (TPSA) is 99.2 Å². The number of benzene rings is 3. The predicted octanol–water partition coefficient (Wildman–Crippen LogP) is 4.76. The summed E-state index contributed by atoms with van der Waals surface area (Å²) in [5, 5.41) is 11.4. The van der Waals surface area contributed by atoms with Gasteiger partial charge in [0.15, 0.2) is 5.82 Å². The number of hydrogen-bond donors (Lipinski definition) is 2. The van der Waals surface area contributed by atoms with E-state index in [4.69, 9.17) is 0 Å². The molecule has 0 saturated carbocycles. The largest absolute Gasteiger partial charge is 0.378 e. The number of hydrogen-bond acceptors (Lipinski definition) is 5. The van der Waals surface area contributed by atoms with E-state index in [0.717, 1.165) is 10.9 Å². The number of sulfonamides is 1. The molecule has 0 saturated heterocycles. The molecule has 8 heteroatoms. The van der Waals surface area contributed by atoms with E-state index in [9.17, 15) is 13.5 Å². The molecule has 35 heavy (non-hydrogen) atoms. The van der Waals surface area contributed by atoms with Crippen LogP contribution in [0.4, 0.5) is 11.5 Å². The second-order valence-electron chi connectivity index (χ2n) is 8.57. The van der Waals surface area contributed by atoms with Crippen LogP contribution in [0.2, 0.25) is 0 Å². The van der Waals surface area contributed by atoms with E-state index in [-0.39, 0.29) is 10.7 Å². The molecular formula is C27H22N4O3S. The molecule has 2 heterocycles. The summed E-state index contributed by atoms with van der Waals surface area (Å²) in [7, 11) is -4.04. The third-order valence-corrected chi connectivity index (χ3v) is 7.10. The first-order valence-corrected chi connectivity index (χ1v) is 12.3. The summed E-state index contributed by atoms with van der Waals surface area (Å²) in [5.41, 5.74) is 1.34. The lowest BCUT2D eigenvalue weighted by molar-refractivity contribution is 0.143. The zero-order valence-electron chi connectivity index (χ0n) is 19.1. The quantitative estimate of drug-likeness (QED) is 0.360. The minimum atomic E-state index is -4.04. The van der Waals surface area contributed by atoms with Crippen molar-refractivity contribution in [3.05, 3.63) is 90.9 Å². The molecule has 0 atom stereocenters. The minimum Gasteiger partial charge on any atom is -0.378 e. The number of aliphatic hydroxyl groups is 1. The lowest BCUT2D eigenvalue weighted by atomic mass is 10.1. The van der Waals surface area contributed by atoms with Crippen LogP contribution in [0.15, 0.2) is 90.2 Å². The molecule has 0 aliphatic heterocycles. The second kappa shape index (κ2) is 8.55. The van der Waals surface area contributed by atoms with Crippen molar-refractivity contribution < 1.29 is 13.5 Å². The molecule has 0 unspecified atom stereocenters. The number of aromatic nitrogens is 3. The normalized spacial score (nSPS) is 11.9. The lowest BCUT2D eigenvalue weighted by Gasteiger charge is -2.25. The van der Waals surface area contributed by atoms with Gasteiger partial charge in [-0.2, -0.15) is 0 Å². The van der Waals surface area contributed by atoms with Gasteiger partial charge >= 0.3 is 0 Å². The van der Waals surface area contributed by atoms with Crippen LogP contribution in [0, 0.1) is 11.8 Å². The van der Waals surface area contributed by atoms with Crippen LogP contribution < -0.4 is 4.31 Å². The highest BCUT2D eigenvalue weighted by Crippen LogP contribution is 2.36. The summed E-state index contributed by atoms with van der Waals surface area (Å²) < 4.78 is 29.2. The fraction of sp³-hybridized carbons (Fsp3) is 0.111. The summed E-state index contributed by atoms with van der Waals surface area (Å²) in [4.78, 5) is 12.0. The lowest BCUT2D eigenvalue weighted by Crippen LogP contribution is -2.27. The first-order valence-electron chi connectivity index (χ1n) is 10.9. The molecule has 7 nitrogen and oxygen atoms in total. The average Bonchev–Trinajstić information content (AvgIpc) is 3.31. The van der Waals surface area contributed by atoms with E-state index in [0.29, 0.717) is 22.2 Å². The average molecular weight is 483 g/mol. The first kappa shape index (κ1) is 22.6. The molecule has 0 spiro atoms. The van der Waals surface area contributed by atoms with Gasteiger partial charge in [0, 0.05) is 28.0 Å². The molecule has 0 aliphatic carbocycles. The molecule has 174 valence electrons. The number of rotatable bonds is 4. The smallest absolute Gasteiger partial charge is 0.269 e. The molecule has 0 bridgehead atoms. The van der Waals surface area contributed by atoms with E-state index in [1.807, 2.05) is 12.1 Å². The van der Waals surface area contributed by atoms with Crippen molar-refractivity contribution in [2.24, 2.45) is 0 Å². The van der Waals surface area contributed by atoms with Gasteiger partial charge in [-0.3, -0.25) is 0 Å². The Morgan fingerprint density at radius 1 is 0.971 bits per heavy atom. The van der Waals surface area contributed by atoms with Crippen molar-refractivity contribution in [2.45, 2.75) is 24.3 Å². The maximum atomic E-state index is 14.0. The number of nitrogens with one attached hydrogen (secondary N) is 1. The van der Waals surface area contributed by atoms with Gasteiger partial charge in [0.2, 0.25) is 0 Å². The van der Waals surface area contributed by atoms with Crippen LogP contribution in [-0.2, 0) is 10.0 Å². The Morgan fingerprint density at radius 2 is 1.77 bits per heavy atom. The van der Waals surface area contributed by atoms with Crippen LogP contribution >= 0.6 is 0 Å². The number of anilines is 2. The number of aromatic amines is 1. The van der Waals surface area contributed by atoms with Gasteiger partial charge in [0.25, 0.3) is 10.0 Å². The second-order valence-corrected chi connectivity index (χ2v) is 10.4. The highest BCUT2D eigenvalue weighted by Gasteiger charge is 2.29. The van der Waals surface area contributed by atoms with E-state index in [1.54, 1.807) is 80.7 Å². The van der Waals surface area contributed by atoms with Gasteiger partial charge in [-0.25, -0.2) is 22.7 Å².